The number of piperidine rings is 1. The number of rotatable bonds is 1. The van der Waals surface area contributed by atoms with E-state index in [0.29, 0.717) is 16.1 Å². The number of carbonyl (C=O) groups is 1. The van der Waals surface area contributed by atoms with Crippen LogP contribution in [0.1, 0.15) is 42.6 Å². The van der Waals surface area contributed by atoms with Gasteiger partial charge >= 0.3 is 0 Å². The van der Waals surface area contributed by atoms with Gasteiger partial charge in [-0.05, 0) is 36.5 Å². The minimum absolute atomic E-state index is 0.0198. The van der Waals surface area contributed by atoms with Gasteiger partial charge in [-0.1, -0.05) is 37.3 Å². The Balaban J connectivity index is 2.18. The number of benzene rings is 1. The summed E-state index contributed by atoms with van der Waals surface area (Å²) in [5, 5.41) is 9.15. The van der Waals surface area contributed by atoms with Crippen LogP contribution in [0.3, 0.4) is 0 Å². The molecule has 0 aromatic heterocycles. The molecule has 112 valence electrons. The molecule has 0 aliphatic carbocycles. The fraction of sp³-hybridized carbons (Fsp3) is 0.471. The number of hydrogen-bond acceptors (Lipinski definition) is 2. The van der Waals surface area contributed by atoms with Crippen LogP contribution in [0.5, 0.6) is 0 Å². The fourth-order valence-corrected chi connectivity index (χ4v) is 2.89. The summed E-state index contributed by atoms with van der Waals surface area (Å²) in [4.78, 5) is 14.5. The minimum Gasteiger partial charge on any atom is -0.384 e. The average molecular weight is 306 g/mol. The standard InChI is InChI=1S/C17H20ClNO2/c1-17(2)8-4-9-19(12-17)16(21)14-7-6-13(5-3-10-20)15(18)11-14/h6-7,11,20H,4,8-10,12H2,1-2H3. The van der Waals surface area contributed by atoms with E-state index in [2.05, 4.69) is 25.7 Å². The van der Waals surface area contributed by atoms with Crippen LogP contribution in [0, 0.1) is 17.3 Å². The molecule has 3 nitrogen and oxygen atoms in total. The Morgan fingerprint density at radius 2 is 2.24 bits per heavy atom. The molecular weight excluding hydrogens is 286 g/mol. The van der Waals surface area contributed by atoms with Crippen molar-refractivity contribution >= 4 is 17.5 Å². The smallest absolute Gasteiger partial charge is 0.253 e. The van der Waals surface area contributed by atoms with E-state index in [1.807, 2.05) is 4.90 Å². The van der Waals surface area contributed by atoms with Crippen molar-refractivity contribution in [1.29, 1.82) is 0 Å². The highest BCUT2D eigenvalue weighted by Crippen LogP contribution is 2.29. The normalized spacial score (nSPS) is 17.0. The molecule has 4 heteroatoms. The lowest BCUT2D eigenvalue weighted by Gasteiger charge is -2.38. The Morgan fingerprint density at radius 1 is 1.48 bits per heavy atom. The van der Waals surface area contributed by atoms with Crippen LogP contribution in [0.25, 0.3) is 0 Å². The molecule has 0 unspecified atom stereocenters. The van der Waals surface area contributed by atoms with Crippen molar-refractivity contribution in [1.82, 2.24) is 4.90 Å². The zero-order valence-electron chi connectivity index (χ0n) is 12.4. The van der Waals surface area contributed by atoms with Gasteiger partial charge in [-0.2, -0.15) is 0 Å². The maximum Gasteiger partial charge on any atom is 0.253 e. The van der Waals surface area contributed by atoms with Gasteiger partial charge in [0.15, 0.2) is 0 Å². The first-order valence-corrected chi connectivity index (χ1v) is 7.49. The van der Waals surface area contributed by atoms with Crippen molar-refractivity contribution in [3.05, 3.63) is 34.3 Å². The largest absolute Gasteiger partial charge is 0.384 e. The Morgan fingerprint density at radius 3 is 2.86 bits per heavy atom. The number of amides is 1. The molecule has 1 fully saturated rings. The summed E-state index contributed by atoms with van der Waals surface area (Å²) >= 11 is 6.15. The third kappa shape index (κ3) is 4.00. The SMILES string of the molecule is CC1(C)CCCN(C(=O)c2ccc(C#CCO)c(Cl)c2)C1. The highest BCUT2D eigenvalue weighted by atomic mass is 35.5. The molecular formula is C17H20ClNO2. The predicted molar refractivity (Wildman–Crippen MR) is 84.3 cm³/mol. The summed E-state index contributed by atoms with van der Waals surface area (Å²) in [5.41, 5.74) is 1.39. The van der Waals surface area contributed by atoms with Gasteiger partial charge < -0.3 is 10.0 Å². The average Bonchev–Trinajstić information content (AvgIpc) is 2.44. The van der Waals surface area contributed by atoms with E-state index in [0.717, 1.165) is 25.9 Å². The lowest BCUT2D eigenvalue weighted by molar-refractivity contribution is 0.0583. The first kappa shape index (κ1) is 15.9. The fourth-order valence-electron chi connectivity index (χ4n) is 2.66. The lowest BCUT2D eigenvalue weighted by atomic mass is 9.84. The molecule has 1 heterocycles. The number of halogens is 1. The monoisotopic (exact) mass is 305 g/mol. The molecule has 1 aliphatic rings. The van der Waals surface area contributed by atoms with Gasteiger partial charge in [-0.3, -0.25) is 4.79 Å². The van der Waals surface area contributed by atoms with Gasteiger partial charge in [0.25, 0.3) is 5.91 Å². The van der Waals surface area contributed by atoms with Crippen LogP contribution >= 0.6 is 11.6 Å². The lowest BCUT2D eigenvalue weighted by Crippen LogP contribution is -2.43. The Kier molecular flexibility index (Phi) is 4.92. The summed E-state index contributed by atoms with van der Waals surface area (Å²) in [5.74, 6) is 5.34. The van der Waals surface area contributed by atoms with E-state index in [1.54, 1.807) is 18.2 Å². The number of aliphatic hydroxyl groups is 1. The first-order valence-electron chi connectivity index (χ1n) is 7.11. The zero-order chi connectivity index (χ0) is 15.5. The van der Waals surface area contributed by atoms with Gasteiger partial charge in [0.05, 0.1) is 5.02 Å². The van der Waals surface area contributed by atoms with Crippen LogP contribution in [0.2, 0.25) is 5.02 Å². The summed E-state index contributed by atoms with van der Waals surface area (Å²) in [6, 6.07) is 5.14. The zero-order valence-corrected chi connectivity index (χ0v) is 13.2. The Bertz CT molecular complexity index is 599. The molecule has 21 heavy (non-hydrogen) atoms. The van der Waals surface area contributed by atoms with Crippen molar-refractivity contribution in [2.45, 2.75) is 26.7 Å². The molecule has 1 saturated heterocycles. The topological polar surface area (TPSA) is 40.5 Å². The summed E-state index contributed by atoms with van der Waals surface area (Å²) < 4.78 is 0. The molecule has 0 spiro atoms. The molecule has 1 amide bonds. The predicted octanol–water partition coefficient (Wildman–Crippen LogP) is 2.95. The molecule has 0 radical (unpaired) electrons. The summed E-state index contributed by atoms with van der Waals surface area (Å²) in [7, 11) is 0. The van der Waals surface area contributed by atoms with Crippen molar-refractivity contribution in [2.24, 2.45) is 5.41 Å². The van der Waals surface area contributed by atoms with Crippen LogP contribution in [-0.2, 0) is 0 Å². The van der Waals surface area contributed by atoms with Crippen LogP contribution in [0.4, 0.5) is 0 Å². The molecule has 0 bridgehead atoms. The number of carbonyl (C=O) groups excluding carboxylic acids is 1. The van der Waals surface area contributed by atoms with E-state index in [-0.39, 0.29) is 17.9 Å². The van der Waals surface area contributed by atoms with Crippen LogP contribution in [0.15, 0.2) is 18.2 Å². The van der Waals surface area contributed by atoms with Gasteiger partial charge in [-0.15, -0.1) is 0 Å². The van der Waals surface area contributed by atoms with Gasteiger partial charge in [0, 0.05) is 24.2 Å². The number of likely N-dealkylation sites (tertiary alicyclic amines) is 1. The van der Waals surface area contributed by atoms with Crippen molar-refractivity contribution in [3.8, 4) is 11.8 Å². The number of aliphatic hydroxyl groups excluding tert-OH is 1. The molecule has 1 aromatic carbocycles. The van der Waals surface area contributed by atoms with E-state index >= 15 is 0 Å². The van der Waals surface area contributed by atoms with Gasteiger partial charge in [0.1, 0.15) is 6.61 Å². The molecule has 1 N–H and O–H groups in total. The number of hydrogen-bond donors (Lipinski definition) is 1. The van der Waals surface area contributed by atoms with E-state index in [1.165, 1.54) is 0 Å². The highest BCUT2D eigenvalue weighted by molar-refractivity contribution is 6.32. The maximum absolute atomic E-state index is 12.6. The van der Waals surface area contributed by atoms with Crippen molar-refractivity contribution in [3.63, 3.8) is 0 Å². The van der Waals surface area contributed by atoms with Crippen LogP contribution in [-0.4, -0.2) is 35.6 Å². The molecule has 2 rings (SSSR count). The second-order valence-corrected chi connectivity index (χ2v) is 6.56. The number of nitrogens with zero attached hydrogens (tertiary/aromatic N) is 1. The molecule has 1 aliphatic heterocycles. The maximum atomic E-state index is 12.6. The second kappa shape index (κ2) is 6.51. The highest BCUT2D eigenvalue weighted by Gasteiger charge is 2.29. The first-order chi connectivity index (χ1) is 9.93. The van der Waals surface area contributed by atoms with Gasteiger partial charge in [0.2, 0.25) is 0 Å². The Labute approximate surface area is 130 Å². The quantitative estimate of drug-likeness (QED) is 0.810. The van der Waals surface area contributed by atoms with Crippen molar-refractivity contribution < 1.29 is 9.90 Å². The third-order valence-corrected chi connectivity index (χ3v) is 4.02. The van der Waals surface area contributed by atoms with E-state index < -0.39 is 0 Å². The summed E-state index contributed by atoms with van der Waals surface area (Å²) in [6.07, 6.45) is 2.18. The minimum atomic E-state index is -0.208. The molecule has 0 saturated carbocycles. The summed E-state index contributed by atoms with van der Waals surface area (Å²) in [6.45, 7) is 5.74. The van der Waals surface area contributed by atoms with Crippen molar-refractivity contribution in [2.75, 3.05) is 19.7 Å². The third-order valence-electron chi connectivity index (χ3n) is 3.71. The molecule has 0 atom stereocenters. The van der Waals surface area contributed by atoms with Crippen LogP contribution < -0.4 is 0 Å². The van der Waals surface area contributed by atoms with Gasteiger partial charge in [-0.25, -0.2) is 0 Å². The van der Waals surface area contributed by atoms with E-state index in [4.69, 9.17) is 16.7 Å². The molecule has 1 aromatic rings. The Hall–Kier alpha value is -1.50. The van der Waals surface area contributed by atoms with E-state index in [9.17, 15) is 4.79 Å². The second-order valence-electron chi connectivity index (χ2n) is 6.15.